The molecule has 1 aliphatic carbocycles. The Bertz CT molecular complexity index is 580. The van der Waals surface area contributed by atoms with E-state index in [1.165, 1.54) is 16.8 Å². The predicted molar refractivity (Wildman–Crippen MR) is 85.9 cm³/mol. The molecule has 3 rings (SSSR count). The Morgan fingerprint density at radius 3 is 2.76 bits per heavy atom. The molecule has 2 aromatic rings. The zero-order valence-electron chi connectivity index (χ0n) is 12.5. The van der Waals surface area contributed by atoms with E-state index in [2.05, 4.69) is 53.7 Å². The lowest BCUT2D eigenvalue weighted by Gasteiger charge is -2.31. The largest absolute Gasteiger partial charge is 0.271 e. The number of nitrogens with one attached hydrogen (secondary N) is 1. The van der Waals surface area contributed by atoms with Crippen LogP contribution in [0.1, 0.15) is 48.4 Å². The minimum absolute atomic E-state index is 0.230. The fourth-order valence-corrected chi connectivity index (χ4v) is 3.70. The molecule has 3 atom stereocenters. The maximum Gasteiger partial charge on any atom is 0.0482 e. The summed E-state index contributed by atoms with van der Waals surface area (Å²) in [6.07, 6.45) is 5.20. The quantitative estimate of drug-likeness (QED) is 0.654. The highest BCUT2D eigenvalue weighted by atomic mass is 15.2. The van der Waals surface area contributed by atoms with Gasteiger partial charge < -0.3 is 0 Å². The molecular formula is C18H23N3. The fraction of sp³-hybridized carbons (Fsp3) is 0.389. The third-order valence-corrected chi connectivity index (χ3v) is 4.73. The molecule has 3 N–H and O–H groups in total. The minimum atomic E-state index is 0.230. The third-order valence-electron chi connectivity index (χ3n) is 4.73. The molecular weight excluding hydrogens is 258 g/mol. The highest BCUT2D eigenvalue weighted by Gasteiger charge is 2.35. The van der Waals surface area contributed by atoms with Crippen LogP contribution < -0.4 is 11.3 Å². The fourth-order valence-electron chi connectivity index (χ4n) is 3.70. The summed E-state index contributed by atoms with van der Waals surface area (Å²) in [4.78, 5) is 4.62. The molecule has 0 fully saturated rings. The van der Waals surface area contributed by atoms with Crippen LogP contribution in [-0.2, 0) is 6.42 Å². The summed E-state index contributed by atoms with van der Waals surface area (Å²) in [5.74, 6) is 6.76. The van der Waals surface area contributed by atoms with Crippen LogP contribution in [0.5, 0.6) is 0 Å². The van der Waals surface area contributed by atoms with Gasteiger partial charge in [0.2, 0.25) is 0 Å². The van der Waals surface area contributed by atoms with Crippen molar-refractivity contribution in [3.8, 4) is 0 Å². The van der Waals surface area contributed by atoms with Crippen molar-refractivity contribution in [2.24, 2.45) is 5.84 Å². The molecule has 110 valence electrons. The topological polar surface area (TPSA) is 50.9 Å². The summed E-state index contributed by atoms with van der Waals surface area (Å²) >= 11 is 0. The molecule has 0 radical (unpaired) electrons. The number of pyridine rings is 1. The second kappa shape index (κ2) is 6.37. The van der Waals surface area contributed by atoms with E-state index in [0.29, 0.717) is 11.8 Å². The van der Waals surface area contributed by atoms with Crippen LogP contribution in [0.2, 0.25) is 0 Å². The second-order valence-electron chi connectivity index (χ2n) is 5.81. The molecule has 0 saturated carbocycles. The molecule has 0 spiro atoms. The first-order valence-electron chi connectivity index (χ1n) is 7.80. The average Bonchev–Trinajstić information content (AvgIpc) is 2.97. The van der Waals surface area contributed by atoms with Crippen LogP contribution in [0.15, 0.2) is 48.7 Å². The van der Waals surface area contributed by atoms with Gasteiger partial charge in [0.1, 0.15) is 0 Å². The third kappa shape index (κ3) is 2.71. The number of benzene rings is 1. The van der Waals surface area contributed by atoms with E-state index in [1.54, 1.807) is 0 Å². The summed E-state index contributed by atoms with van der Waals surface area (Å²) < 4.78 is 0. The van der Waals surface area contributed by atoms with Crippen molar-refractivity contribution >= 4 is 0 Å². The first-order chi connectivity index (χ1) is 10.3. The Kier molecular flexibility index (Phi) is 4.32. The van der Waals surface area contributed by atoms with Crippen molar-refractivity contribution < 1.29 is 0 Å². The molecule has 1 aromatic heterocycles. The number of nitrogens with zero attached hydrogens (tertiary/aromatic N) is 1. The maximum atomic E-state index is 5.95. The first-order valence-corrected chi connectivity index (χ1v) is 7.80. The molecule has 3 unspecified atom stereocenters. The van der Waals surface area contributed by atoms with Gasteiger partial charge in [0, 0.05) is 29.8 Å². The number of hydrogen-bond donors (Lipinski definition) is 2. The van der Waals surface area contributed by atoms with Crippen molar-refractivity contribution in [3.05, 3.63) is 65.5 Å². The van der Waals surface area contributed by atoms with Gasteiger partial charge >= 0.3 is 0 Å². The second-order valence-corrected chi connectivity index (χ2v) is 5.81. The molecule has 3 heteroatoms. The van der Waals surface area contributed by atoms with E-state index in [9.17, 15) is 0 Å². The first kappa shape index (κ1) is 14.2. The molecule has 0 bridgehead atoms. The normalized spacial score (nSPS) is 20.0. The van der Waals surface area contributed by atoms with Crippen LogP contribution in [0.3, 0.4) is 0 Å². The number of hydrogen-bond acceptors (Lipinski definition) is 3. The van der Waals surface area contributed by atoms with E-state index in [-0.39, 0.29) is 6.04 Å². The lowest BCUT2D eigenvalue weighted by molar-refractivity contribution is 0.361. The molecule has 0 aliphatic heterocycles. The molecule has 0 amide bonds. The maximum absolute atomic E-state index is 5.95. The Morgan fingerprint density at radius 1 is 1.24 bits per heavy atom. The van der Waals surface area contributed by atoms with Gasteiger partial charge in [-0.1, -0.05) is 43.3 Å². The van der Waals surface area contributed by atoms with Gasteiger partial charge in [-0.05, 0) is 36.5 Å². The van der Waals surface area contributed by atoms with Gasteiger partial charge in [0.15, 0.2) is 0 Å². The van der Waals surface area contributed by atoms with Crippen LogP contribution >= 0.6 is 0 Å². The Labute approximate surface area is 126 Å². The highest BCUT2D eigenvalue weighted by molar-refractivity contribution is 5.32. The molecule has 21 heavy (non-hydrogen) atoms. The van der Waals surface area contributed by atoms with Crippen molar-refractivity contribution in [1.82, 2.24) is 10.4 Å². The smallest absolute Gasteiger partial charge is 0.0482 e. The molecule has 1 aromatic carbocycles. The van der Waals surface area contributed by atoms with E-state index in [4.69, 9.17) is 5.84 Å². The summed E-state index contributed by atoms with van der Waals surface area (Å²) in [7, 11) is 0. The summed E-state index contributed by atoms with van der Waals surface area (Å²) in [6, 6.07) is 15.1. The summed E-state index contributed by atoms with van der Waals surface area (Å²) in [5, 5.41) is 0. The van der Waals surface area contributed by atoms with Crippen molar-refractivity contribution in [1.29, 1.82) is 0 Å². The van der Waals surface area contributed by atoms with Crippen LogP contribution in [0.25, 0.3) is 0 Å². The van der Waals surface area contributed by atoms with E-state index in [0.717, 1.165) is 19.3 Å². The zero-order valence-corrected chi connectivity index (χ0v) is 12.5. The van der Waals surface area contributed by atoms with Gasteiger partial charge in [0.25, 0.3) is 0 Å². The number of aromatic nitrogens is 1. The van der Waals surface area contributed by atoms with Gasteiger partial charge in [-0.3, -0.25) is 16.3 Å². The Hall–Kier alpha value is -1.71. The van der Waals surface area contributed by atoms with Crippen molar-refractivity contribution in [3.63, 3.8) is 0 Å². The molecule has 3 nitrogen and oxygen atoms in total. The number of hydrazine groups is 1. The van der Waals surface area contributed by atoms with E-state index < -0.39 is 0 Å². The van der Waals surface area contributed by atoms with Gasteiger partial charge in [-0.25, -0.2) is 0 Å². The van der Waals surface area contributed by atoms with Crippen molar-refractivity contribution in [2.75, 3.05) is 0 Å². The standard InChI is InChI=1S/C18H23N3/c1-2-15(13-7-4-3-5-8-13)18(21-19)16-11-10-14-9-6-12-20-17(14)16/h3-9,12,15-16,18,21H,2,10-11,19H2,1H3. The SMILES string of the molecule is CCC(c1ccccc1)C(NN)C1CCc2cccnc21. The predicted octanol–water partition coefficient (Wildman–Crippen LogP) is 3.14. The Morgan fingerprint density at radius 2 is 2.05 bits per heavy atom. The lowest BCUT2D eigenvalue weighted by atomic mass is 9.81. The van der Waals surface area contributed by atoms with E-state index in [1.807, 2.05) is 12.3 Å². The zero-order chi connectivity index (χ0) is 14.7. The van der Waals surface area contributed by atoms with Crippen molar-refractivity contribution in [2.45, 2.75) is 44.1 Å². The minimum Gasteiger partial charge on any atom is -0.271 e. The highest BCUT2D eigenvalue weighted by Crippen LogP contribution is 2.39. The number of nitrogens with two attached hydrogens (primary N) is 1. The number of fused-ring (bicyclic) bond motifs is 1. The van der Waals surface area contributed by atoms with E-state index >= 15 is 0 Å². The van der Waals surface area contributed by atoms with Crippen LogP contribution in [-0.4, -0.2) is 11.0 Å². The Balaban J connectivity index is 1.92. The summed E-state index contributed by atoms with van der Waals surface area (Å²) in [6.45, 7) is 2.23. The molecule has 1 heterocycles. The number of aryl methyl sites for hydroxylation is 1. The molecule has 0 saturated heterocycles. The average molecular weight is 281 g/mol. The number of rotatable bonds is 5. The van der Waals surface area contributed by atoms with Gasteiger partial charge in [-0.2, -0.15) is 0 Å². The van der Waals surface area contributed by atoms with Crippen LogP contribution in [0.4, 0.5) is 0 Å². The lowest BCUT2D eigenvalue weighted by Crippen LogP contribution is -2.43. The molecule has 1 aliphatic rings. The van der Waals surface area contributed by atoms with Crippen LogP contribution in [0, 0.1) is 0 Å². The monoisotopic (exact) mass is 281 g/mol. The van der Waals surface area contributed by atoms with Gasteiger partial charge in [-0.15, -0.1) is 0 Å². The summed E-state index contributed by atoms with van der Waals surface area (Å²) in [5.41, 5.74) is 7.06. The van der Waals surface area contributed by atoms with Gasteiger partial charge in [0.05, 0.1) is 0 Å².